The van der Waals surface area contributed by atoms with Crippen LogP contribution in [0.25, 0.3) is 11.0 Å². The Bertz CT molecular complexity index is 895. The third-order valence-electron chi connectivity index (χ3n) is 3.87. The zero-order valence-electron chi connectivity index (χ0n) is 14.4. The van der Waals surface area contributed by atoms with E-state index in [2.05, 4.69) is 48.2 Å². The van der Waals surface area contributed by atoms with Crippen molar-refractivity contribution in [2.45, 2.75) is 39.1 Å². The molecular formula is C16H21BrN8O. The van der Waals surface area contributed by atoms with Crippen LogP contribution in [0.3, 0.4) is 0 Å². The molecule has 10 heteroatoms. The van der Waals surface area contributed by atoms with Crippen molar-refractivity contribution in [3.8, 4) is 0 Å². The molecule has 0 fully saturated rings. The number of rotatable bonds is 7. The number of nitrogens with one attached hydrogen (secondary N) is 1. The summed E-state index contributed by atoms with van der Waals surface area (Å²) in [6, 6.07) is 3.68. The second-order valence-electron chi connectivity index (χ2n) is 5.93. The van der Waals surface area contributed by atoms with Crippen LogP contribution in [-0.2, 0) is 13.2 Å². The highest BCUT2D eigenvalue weighted by Gasteiger charge is 2.18. The Labute approximate surface area is 159 Å². The fourth-order valence-electron chi connectivity index (χ4n) is 2.63. The largest absolute Gasteiger partial charge is 0.392 e. The number of aromatic nitrogens is 5. The van der Waals surface area contributed by atoms with Gasteiger partial charge in [0, 0.05) is 6.20 Å². The number of nitrogens with zero attached hydrogens (tertiary/aromatic N) is 5. The summed E-state index contributed by atoms with van der Waals surface area (Å²) in [5, 5.41) is 16.8. The van der Waals surface area contributed by atoms with Crippen LogP contribution in [0.4, 0.5) is 11.8 Å². The Morgan fingerprint density at radius 1 is 1.35 bits per heavy atom. The Hall–Kier alpha value is -2.30. The van der Waals surface area contributed by atoms with Gasteiger partial charge in [-0.05, 0) is 34.0 Å². The van der Waals surface area contributed by atoms with Crippen LogP contribution in [0.2, 0.25) is 0 Å². The van der Waals surface area contributed by atoms with E-state index in [0.29, 0.717) is 28.0 Å². The van der Waals surface area contributed by atoms with Crippen molar-refractivity contribution < 1.29 is 5.11 Å². The molecule has 0 saturated carbocycles. The molecule has 0 saturated heterocycles. The third kappa shape index (κ3) is 3.92. The maximum absolute atomic E-state index is 9.14. The zero-order chi connectivity index (χ0) is 18.7. The minimum absolute atomic E-state index is 0.0416. The molecule has 0 radical (unpaired) electrons. The van der Waals surface area contributed by atoms with E-state index in [1.807, 2.05) is 12.1 Å². The Balaban J connectivity index is 2.01. The standard InChI is InChI=1S/C16H21BrN8O/c1-2-3-11(18)21-15-13-12(22-16(19)23-15)14(17)24-25(13)7-10-5-4-9(8-26)6-20-10/h4-6,11,26H,2-3,7-8,18H2,1H3,(H3,19,21,22,23). The maximum atomic E-state index is 9.14. The molecule has 0 spiro atoms. The van der Waals surface area contributed by atoms with Crippen molar-refractivity contribution in [1.82, 2.24) is 24.7 Å². The van der Waals surface area contributed by atoms with Crippen LogP contribution in [0.5, 0.6) is 0 Å². The molecule has 0 aliphatic carbocycles. The second-order valence-corrected chi connectivity index (χ2v) is 6.68. The summed E-state index contributed by atoms with van der Waals surface area (Å²) in [5.41, 5.74) is 14.8. The first-order valence-corrected chi connectivity index (χ1v) is 9.07. The summed E-state index contributed by atoms with van der Waals surface area (Å²) in [4.78, 5) is 12.9. The first kappa shape index (κ1) is 18.5. The first-order valence-electron chi connectivity index (χ1n) is 8.28. The Morgan fingerprint density at radius 2 is 2.15 bits per heavy atom. The smallest absolute Gasteiger partial charge is 0.222 e. The molecule has 0 bridgehead atoms. The number of hydrogen-bond donors (Lipinski definition) is 4. The van der Waals surface area contributed by atoms with Gasteiger partial charge in [0.25, 0.3) is 0 Å². The van der Waals surface area contributed by atoms with Gasteiger partial charge in [-0.2, -0.15) is 10.1 Å². The van der Waals surface area contributed by atoms with Gasteiger partial charge in [0.15, 0.2) is 10.4 Å². The van der Waals surface area contributed by atoms with Gasteiger partial charge in [-0.15, -0.1) is 0 Å². The molecule has 3 rings (SSSR count). The van der Waals surface area contributed by atoms with Gasteiger partial charge in [-0.25, -0.2) is 4.98 Å². The predicted octanol–water partition coefficient (Wildman–Crippen LogP) is 1.60. The van der Waals surface area contributed by atoms with Crippen molar-refractivity contribution in [3.05, 3.63) is 34.2 Å². The molecule has 0 aliphatic heterocycles. The van der Waals surface area contributed by atoms with Crippen molar-refractivity contribution >= 4 is 38.7 Å². The highest BCUT2D eigenvalue weighted by molar-refractivity contribution is 9.10. The van der Waals surface area contributed by atoms with Crippen LogP contribution in [0.1, 0.15) is 31.0 Å². The van der Waals surface area contributed by atoms with Gasteiger partial charge in [0.2, 0.25) is 5.95 Å². The predicted molar refractivity (Wildman–Crippen MR) is 103 cm³/mol. The van der Waals surface area contributed by atoms with Gasteiger partial charge in [-0.1, -0.05) is 19.4 Å². The molecule has 0 aliphatic rings. The van der Waals surface area contributed by atoms with Crippen LogP contribution in [0.15, 0.2) is 22.9 Å². The number of halogens is 1. The van der Waals surface area contributed by atoms with Crippen LogP contribution in [0, 0.1) is 0 Å². The van der Waals surface area contributed by atoms with E-state index in [9.17, 15) is 0 Å². The van der Waals surface area contributed by atoms with E-state index in [-0.39, 0.29) is 18.7 Å². The van der Waals surface area contributed by atoms with Crippen molar-refractivity contribution in [3.63, 3.8) is 0 Å². The van der Waals surface area contributed by atoms with Crippen molar-refractivity contribution in [2.24, 2.45) is 5.73 Å². The molecule has 9 nitrogen and oxygen atoms in total. The van der Waals surface area contributed by atoms with Gasteiger partial charge in [-0.3, -0.25) is 9.67 Å². The van der Waals surface area contributed by atoms with E-state index >= 15 is 0 Å². The first-order chi connectivity index (χ1) is 12.5. The van der Waals surface area contributed by atoms with E-state index in [4.69, 9.17) is 16.6 Å². The lowest BCUT2D eigenvalue weighted by molar-refractivity contribution is 0.281. The second kappa shape index (κ2) is 7.94. The lowest BCUT2D eigenvalue weighted by atomic mass is 10.2. The Kier molecular flexibility index (Phi) is 5.64. The van der Waals surface area contributed by atoms with E-state index in [1.165, 1.54) is 0 Å². The number of fused-ring (bicyclic) bond motifs is 1. The summed E-state index contributed by atoms with van der Waals surface area (Å²) in [6.45, 7) is 2.44. The molecule has 0 aromatic carbocycles. The summed E-state index contributed by atoms with van der Waals surface area (Å²) in [7, 11) is 0. The third-order valence-corrected chi connectivity index (χ3v) is 4.40. The minimum atomic E-state index is -0.249. The lowest BCUT2D eigenvalue weighted by Crippen LogP contribution is -2.30. The Morgan fingerprint density at radius 3 is 2.81 bits per heavy atom. The van der Waals surface area contributed by atoms with Crippen molar-refractivity contribution in [1.29, 1.82) is 0 Å². The average molecular weight is 421 g/mol. The SMILES string of the molecule is CCCC(N)Nc1nc(N)nc2c(Br)nn(Cc3ccc(CO)cn3)c12. The molecule has 1 unspecified atom stereocenters. The van der Waals surface area contributed by atoms with Crippen LogP contribution < -0.4 is 16.8 Å². The molecule has 1 atom stereocenters. The normalized spacial score (nSPS) is 12.5. The molecule has 3 aromatic rings. The lowest BCUT2D eigenvalue weighted by Gasteiger charge is -2.15. The summed E-state index contributed by atoms with van der Waals surface area (Å²) < 4.78 is 2.32. The van der Waals surface area contributed by atoms with Gasteiger partial charge >= 0.3 is 0 Å². The molecule has 138 valence electrons. The number of aliphatic hydroxyl groups excluding tert-OH is 1. The highest BCUT2D eigenvalue weighted by Crippen LogP contribution is 2.28. The van der Waals surface area contributed by atoms with Gasteiger partial charge in [0.05, 0.1) is 25.0 Å². The number of nitrogen functional groups attached to an aromatic ring is 1. The highest BCUT2D eigenvalue weighted by atomic mass is 79.9. The number of hydrogen-bond acceptors (Lipinski definition) is 8. The van der Waals surface area contributed by atoms with Crippen LogP contribution >= 0.6 is 15.9 Å². The van der Waals surface area contributed by atoms with Crippen LogP contribution in [-0.4, -0.2) is 36.0 Å². The van der Waals surface area contributed by atoms with E-state index in [1.54, 1.807) is 10.9 Å². The molecule has 0 amide bonds. The summed E-state index contributed by atoms with van der Waals surface area (Å²) in [6.07, 6.45) is 3.13. The monoisotopic (exact) mass is 420 g/mol. The number of aliphatic hydroxyl groups is 1. The number of anilines is 2. The average Bonchev–Trinajstić information content (AvgIpc) is 2.91. The van der Waals surface area contributed by atoms with Gasteiger partial charge in [0.1, 0.15) is 11.0 Å². The summed E-state index contributed by atoms with van der Waals surface area (Å²) >= 11 is 3.43. The molecule has 3 aromatic heterocycles. The fraction of sp³-hybridized carbons (Fsp3) is 0.375. The maximum Gasteiger partial charge on any atom is 0.222 e. The zero-order valence-corrected chi connectivity index (χ0v) is 15.9. The molecule has 26 heavy (non-hydrogen) atoms. The van der Waals surface area contributed by atoms with E-state index < -0.39 is 0 Å². The number of nitrogens with two attached hydrogens (primary N) is 2. The number of pyridine rings is 1. The summed E-state index contributed by atoms with van der Waals surface area (Å²) in [5.74, 6) is 0.688. The van der Waals surface area contributed by atoms with Crippen molar-refractivity contribution in [2.75, 3.05) is 11.1 Å². The molecule has 3 heterocycles. The van der Waals surface area contributed by atoms with Gasteiger partial charge < -0.3 is 21.9 Å². The molecule has 6 N–H and O–H groups in total. The minimum Gasteiger partial charge on any atom is -0.392 e. The fourth-order valence-corrected chi connectivity index (χ4v) is 3.10. The molecular weight excluding hydrogens is 400 g/mol. The topological polar surface area (TPSA) is 141 Å². The van der Waals surface area contributed by atoms with E-state index in [0.717, 1.165) is 24.1 Å². The quantitative estimate of drug-likeness (QED) is 0.422.